The number of nitrogens with zero attached hydrogens (tertiary/aromatic N) is 4. The molecule has 0 aliphatic carbocycles. The van der Waals surface area contributed by atoms with E-state index in [1.54, 1.807) is 0 Å². The van der Waals surface area contributed by atoms with Crippen molar-refractivity contribution in [1.29, 1.82) is 0 Å². The summed E-state index contributed by atoms with van der Waals surface area (Å²) in [4.78, 5) is 12.6. The standard InChI is InChI=1S/C51H33N4OS/c1-4-15-33(16-5-1)34-27-29-38(30-28-34)55(42-24-14-23-40-39-21-11-13-26-46(39)57-48(40)42)43-31-37(32-45-47(43)41-22-10-12-25-44(41)56-45)51-53-49(35-17-6-2-7-18-35)52-50(54-51)36-19-8-3-9-20-36/h1-32,49H/q-1. The predicted octanol–water partition coefficient (Wildman–Crippen LogP) is 14.4. The minimum atomic E-state index is -0.461. The Balaban J connectivity index is 1.17. The molecule has 1 aliphatic heterocycles. The van der Waals surface area contributed by atoms with Crippen LogP contribution < -0.4 is 4.90 Å². The normalized spacial score (nSPS) is 14.1. The molecule has 0 fully saturated rings. The summed E-state index contributed by atoms with van der Waals surface area (Å²) in [6.07, 6.45) is -0.461. The first-order valence-electron chi connectivity index (χ1n) is 19.0. The summed E-state index contributed by atoms with van der Waals surface area (Å²) in [7, 11) is 0. The van der Waals surface area contributed by atoms with Gasteiger partial charge in [-0.25, -0.2) is 0 Å². The number of hydrogen-bond donors (Lipinski definition) is 0. The van der Waals surface area contributed by atoms with E-state index in [9.17, 15) is 0 Å². The topological polar surface area (TPSA) is 55.2 Å². The van der Waals surface area contributed by atoms with Crippen LogP contribution in [0.2, 0.25) is 0 Å². The van der Waals surface area contributed by atoms with E-state index in [1.165, 1.54) is 25.7 Å². The minimum absolute atomic E-state index is 0.461. The Morgan fingerprint density at radius 2 is 1.16 bits per heavy atom. The first-order valence-corrected chi connectivity index (χ1v) is 19.9. The fourth-order valence-electron chi connectivity index (χ4n) is 7.95. The molecule has 0 saturated carbocycles. The maximum atomic E-state index is 6.73. The molecule has 1 atom stereocenters. The van der Waals surface area contributed by atoms with Crippen LogP contribution in [0.5, 0.6) is 0 Å². The number of rotatable bonds is 7. The van der Waals surface area contributed by atoms with Crippen LogP contribution in [-0.2, 0) is 0 Å². The highest BCUT2D eigenvalue weighted by Crippen LogP contribution is 2.49. The van der Waals surface area contributed by atoms with Crippen LogP contribution in [0.4, 0.5) is 17.1 Å². The summed E-state index contributed by atoms with van der Waals surface area (Å²) in [6.45, 7) is 0. The smallest absolute Gasteiger partial charge is 0.138 e. The van der Waals surface area contributed by atoms with Crippen molar-refractivity contribution >= 4 is 82.2 Å². The van der Waals surface area contributed by atoms with Crippen molar-refractivity contribution in [2.75, 3.05) is 4.90 Å². The van der Waals surface area contributed by atoms with E-state index in [1.807, 2.05) is 72.0 Å². The Bertz CT molecular complexity index is 3150. The van der Waals surface area contributed by atoms with Gasteiger partial charge in [0.1, 0.15) is 11.2 Å². The molecule has 8 aromatic carbocycles. The molecule has 0 bridgehead atoms. The van der Waals surface area contributed by atoms with Gasteiger partial charge in [0, 0.05) is 26.5 Å². The van der Waals surface area contributed by atoms with Gasteiger partial charge in [0.2, 0.25) is 0 Å². The second-order valence-corrected chi connectivity index (χ2v) is 15.2. The molecular formula is C51H33N4OS-. The van der Waals surface area contributed by atoms with Gasteiger partial charge >= 0.3 is 0 Å². The number of amidine groups is 2. The highest BCUT2D eigenvalue weighted by Gasteiger charge is 2.24. The van der Waals surface area contributed by atoms with Crippen LogP contribution in [0.25, 0.3) is 58.6 Å². The molecule has 1 aliphatic rings. The lowest BCUT2D eigenvalue weighted by Gasteiger charge is -2.33. The Labute approximate surface area is 333 Å². The van der Waals surface area contributed by atoms with Crippen LogP contribution in [0.1, 0.15) is 22.9 Å². The molecule has 0 spiro atoms. The number of aliphatic imine (C=N–C) groups is 2. The lowest BCUT2D eigenvalue weighted by Crippen LogP contribution is -2.17. The third-order valence-corrected chi connectivity index (χ3v) is 11.9. The zero-order chi connectivity index (χ0) is 37.7. The summed E-state index contributed by atoms with van der Waals surface area (Å²) >= 11 is 1.82. The van der Waals surface area contributed by atoms with Gasteiger partial charge in [0.25, 0.3) is 0 Å². The third-order valence-electron chi connectivity index (χ3n) is 10.6. The molecule has 0 saturated heterocycles. The number of para-hydroxylation sites is 1. The number of thiophene rings is 1. The van der Waals surface area contributed by atoms with E-state index < -0.39 is 6.17 Å². The summed E-state index contributed by atoms with van der Waals surface area (Å²) < 4.78 is 9.19. The molecule has 0 N–H and O–H groups in total. The van der Waals surface area contributed by atoms with Gasteiger partial charge in [0.15, 0.2) is 0 Å². The maximum absolute atomic E-state index is 6.73. The number of hydrogen-bond acceptors (Lipinski definition) is 5. The second-order valence-electron chi connectivity index (χ2n) is 14.1. The van der Waals surface area contributed by atoms with Crippen molar-refractivity contribution in [2.24, 2.45) is 9.98 Å². The monoisotopic (exact) mass is 749 g/mol. The molecule has 270 valence electrons. The Morgan fingerprint density at radius 3 is 1.95 bits per heavy atom. The van der Waals surface area contributed by atoms with Crippen LogP contribution >= 0.6 is 11.3 Å². The number of anilines is 3. The summed E-state index contributed by atoms with van der Waals surface area (Å²) in [5, 5.41) is 9.77. The van der Waals surface area contributed by atoms with Crippen molar-refractivity contribution in [2.45, 2.75) is 6.17 Å². The first-order chi connectivity index (χ1) is 28.2. The summed E-state index contributed by atoms with van der Waals surface area (Å²) in [5.74, 6) is 1.24. The zero-order valence-corrected chi connectivity index (χ0v) is 31.5. The van der Waals surface area contributed by atoms with Crippen LogP contribution in [0.15, 0.2) is 209 Å². The average Bonchev–Trinajstić information content (AvgIpc) is 3.87. The van der Waals surface area contributed by atoms with Crippen LogP contribution in [-0.4, -0.2) is 11.7 Å². The third kappa shape index (κ3) is 5.86. The quantitative estimate of drug-likeness (QED) is 0.163. The number of furan rings is 1. The molecule has 3 heterocycles. The molecular weight excluding hydrogens is 717 g/mol. The largest absolute Gasteiger partial charge is 0.456 e. The van der Waals surface area contributed by atoms with Crippen molar-refractivity contribution in [3.8, 4) is 11.1 Å². The summed E-state index contributed by atoms with van der Waals surface area (Å²) in [6, 6.07) is 67.7. The van der Waals surface area contributed by atoms with E-state index in [-0.39, 0.29) is 0 Å². The molecule has 10 aromatic rings. The average molecular weight is 750 g/mol. The molecule has 5 nitrogen and oxygen atoms in total. The molecule has 0 amide bonds. The predicted molar refractivity (Wildman–Crippen MR) is 239 cm³/mol. The van der Waals surface area contributed by atoms with Crippen molar-refractivity contribution in [3.05, 3.63) is 216 Å². The van der Waals surface area contributed by atoms with Gasteiger partial charge in [-0.1, -0.05) is 157 Å². The van der Waals surface area contributed by atoms with E-state index in [0.29, 0.717) is 11.7 Å². The maximum Gasteiger partial charge on any atom is 0.138 e. The first kappa shape index (κ1) is 33.1. The minimum Gasteiger partial charge on any atom is -0.456 e. The number of benzene rings is 8. The van der Waals surface area contributed by atoms with Gasteiger partial charge < -0.3 is 19.6 Å². The molecule has 2 aromatic heterocycles. The number of fused-ring (bicyclic) bond motifs is 6. The zero-order valence-electron chi connectivity index (χ0n) is 30.7. The molecule has 11 rings (SSSR count). The Hall–Kier alpha value is -7.28. The lowest BCUT2D eigenvalue weighted by atomic mass is 10.0. The Kier molecular flexibility index (Phi) is 8.00. The van der Waals surface area contributed by atoms with Crippen molar-refractivity contribution < 1.29 is 4.42 Å². The van der Waals surface area contributed by atoms with E-state index in [2.05, 4.69) is 138 Å². The fourth-order valence-corrected chi connectivity index (χ4v) is 9.15. The highest BCUT2D eigenvalue weighted by molar-refractivity contribution is 7.26. The SMILES string of the molecule is c1ccc(C2=NC(c3ccccc3)[N-]C(c3cc(N(c4ccc(-c5ccccc5)cc4)c4cccc5c4sc4ccccc45)c4c(c3)oc3ccccc34)=N2)cc1. The fraction of sp³-hybridized carbons (Fsp3) is 0.0196. The van der Waals surface area contributed by atoms with Crippen LogP contribution in [0.3, 0.4) is 0 Å². The van der Waals surface area contributed by atoms with Crippen molar-refractivity contribution in [1.82, 2.24) is 0 Å². The van der Waals surface area contributed by atoms with E-state index in [4.69, 9.17) is 19.7 Å². The van der Waals surface area contributed by atoms with E-state index in [0.717, 1.165) is 61.3 Å². The summed E-state index contributed by atoms with van der Waals surface area (Å²) in [5.41, 5.74) is 9.78. The van der Waals surface area contributed by atoms with Gasteiger partial charge in [-0.05, 0) is 70.3 Å². The Morgan fingerprint density at radius 1 is 0.509 bits per heavy atom. The second kappa shape index (κ2) is 13.8. The van der Waals surface area contributed by atoms with E-state index >= 15 is 0 Å². The highest BCUT2D eigenvalue weighted by atomic mass is 32.1. The molecule has 0 radical (unpaired) electrons. The van der Waals surface area contributed by atoms with Gasteiger partial charge in [0.05, 0.1) is 33.5 Å². The molecule has 6 heteroatoms. The van der Waals surface area contributed by atoms with Gasteiger partial charge in [-0.15, -0.1) is 11.3 Å². The van der Waals surface area contributed by atoms with Gasteiger partial charge in [-0.3, -0.25) is 4.99 Å². The molecule has 57 heavy (non-hydrogen) atoms. The van der Waals surface area contributed by atoms with Gasteiger partial charge in [-0.2, -0.15) is 0 Å². The van der Waals surface area contributed by atoms with Crippen LogP contribution in [0, 0.1) is 0 Å². The lowest BCUT2D eigenvalue weighted by molar-refractivity contribution is 0.669. The molecule has 1 unspecified atom stereocenters. The van der Waals surface area contributed by atoms with Crippen molar-refractivity contribution in [3.63, 3.8) is 0 Å².